The Bertz CT molecular complexity index is 950. The van der Waals surface area contributed by atoms with Crippen LogP contribution in [0, 0.1) is 24.0 Å². The van der Waals surface area contributed by atoms with Crippen molar-refractivity contribution in [3.63, 3.8) is 0 Å². The van der Waals surface area contributed by atoms with E-state index in [0.717, 1.165) is 11.3 Å². The van der Waals surface area contributed by atoms with E-state index in [1.807, 2.05) is 0 Å². The Balaban J connectivity index is 2.41. The topological polar surface area (TPSA) is 142 Å². The lowest BCUT2D eigenvalue weighted by molar-refractivity contribution is -0.385. The average molecular weight is 391 g/mol. The van der Waals surface area contributed by atoms with Crippen LogP contribution in [-0.2, 0) is 4.74 Å². The molecule has 9 nitrogen and oxygen atoms in total. The number of carbonyl (C=O) groups is 3. The predicted octanol–water partition coefficient (Wildman–Crippen LogP) is 2.80. The summed E-state index contributed by atoms with van der Waals surface area (Å²) in [5.41, 5.74) is 6.07. The van der Waals surface area contributed by atoms with Crippen LogP contribution in [0.2, 0.25) is 0 Å². The number of thiophene rings is 1. The zero-order valence-electron chi connectivity index (χ0n) is 14.8. The van der Waals surface area contributed by atoms with Crippen LogP contribution in [0.5, 0.6) is 0 Å². The molecule has 1 aromatic carbocycles. The van der Waals surface area contributed by atoms with Crippen molar-refractivity contribution >= 4 is 39.8 Å². The van der Waals surface area contributed by atoms with Gasteiger partial charge in [0, 0.05) is 17.2 Å². The third-order valence-electron chi connectivity index (χ3n) is 3.73. The first-order valence-corrected chi connectivity index (χ1v) is 8.65. The van der Waals surface area contributed by atoms with Crippen LogP contribution >= 0.6 is 11.3 Å². The molecule has 0 saturated carbocycles. The van der Waals surface area contributed by atoms with Gasteiger partial charge in [0.2, 0.25) is 0 Å². The number of nitro groups is 1. The molecule has 0 aliphatic heterocycles. The molecule has 27 heavy (non-hydrogen) atoms. The van der Waals surface area contributed by atoms with Gasteiger partial charge in [-0.05, 0) is 38.5 Å². The minimum absolute atomic E-state index is 0.0580. The van der Waals surface area contributed by atoms with Gasteiger partial charge >= 0.3 is 5.97 Å². The molecule has 1 aromatic heterocycles. The van der Waals surface area contributed by atoms with Crippen molar-refractivity contribution in [1.29, 1.82) is 0 Å². The first-order valence-electron chi connectivity index (χ1n) is 7.84. The minimum atomic E-state index is -0.727. The Kier molecular flexibility index (Phi) is 5.91. The molecular formula is C17H17N3O6S. The molecule has 0 fully saturated rings. The lowest BCUT2D eigenvalue weighted by atomic mass is 10.1. The number of nitro benzene ring substituents is 1. The SMILES string of the molecule is CCOC(=O)c1c(NC(=O)c2ccc([N+](=O)[O-])c(C)c2)sc(C(N)=O)c1C. The second-order valence-electron chi connectivity index (χ2n) is 5.56. The van der Waals surface area contributed by atoms with Gasteiger partial charge in [-0.15, -0.1) is 11.3 Å². The summed E-state index contributed by atoms with van der Waals surface area (Å²) < 4.78 is 4.98. The molecule has 0 unspecified atom stereocenters. The van der Waals surface area contributed by atoms with Gasteiger partial charge in [-0.25, -0.2) is 4.79 Å². The number of hydrogen-bond acceptors (Lipinski definition) is 7. The Morgan fingerprint density at radius 3 is 2.48 bits per heavy atom. The van der Waals surface area contributed by atoms with Gasteiger partial charge in [-0.3, -0.25) is 19.7 Å². The smallest absolute Gasteiger partial charge is 0.341 e. The molecule has 142 valence electrons. The fraction of sp³-hybridized carbons (Fsp3) is 0.235. The Labute approximate surface area is 158 Å². The van der Waals surface area contributed by atoms with Crippen molar-refractivity contribution in [2.24, 2.45) is 5.73 Å². The summed E-state index contributed by atoms with van der Waals surface area (Å²) in [6, 6.07) is 3.90. The highest BCUT2D eigenvalue weighted by Gasteiger charge is 2.26. The van der Waals surface area contributed by atoms with Crippen LogP contribution < -0.4 is 11.1 Å². The largest absolute Gasteiger partial charge is 0.462 e. The standard InChI is InChI=1S/C17H17N3O6S/c1-4-26-17(23)12-9(3)13(14(18)21)27-16(12)19-15(22)10-5-6-11(20(24)25)8(2)7-10/h5-7H,4H2,1-3H3,(H2,18,21)(H,19,22). The van der Waals surface area contributed by atoms with Crippen molar-refractivity contribution in [1.82, 2.24) is 0 Å². The number of primary amides is 1. The maximum atomic E-state index is 12.5. The van der Waals surface area contributed by atoms with E-state index in [0.29, 0.717) is 11.1 Å². The van der Waals surface area contributed by atoms with E-state index in [2.05, 4.69) is 5.32 Å². The van der Waals surface area contributed by atoms with Crippen molar-refractivity contribution in [2.75, 3.05) is 11.9 Å². The summed E-state index contributed by atoms with van der Waals surface area (Å²) in [6.45, 7) is 4.80. The van der Waals surface area contributed by atoms with Crippen LogP contribution in [0.15, 0.2) is 18.2 Å². The fourth-order valence-corrected chi connectivity index (χ4v) is 3.50. The molecule has 2 rings (SSSR count). The molecule has 0 saturated heterocycles. The molecule has 2 amide bonds. The second kappa shape index (κ2) is 7.96. The summed E-state index contributed by atoms with van der Waals surface area (Å²) in [5.74, 6) is -2.00. The molecule has 0 aliphatic carbocycles. The van der Waals surface area contributed by atoms with Gasteiger partial charge in [0.15, 0.2) is 0 Å². The number of rotatable bonds is 6. The number of amides is 2. The monoisotopic (exact) mass is 391 g/mol. The van der Waals surface area contributed by atoms with Gasteiger partial charge in [-0.1, -0.05) is 0 Å². The van der Waals surface area contributed by atoms with Crippen LogP contribution in [0.4, 0.5) is 10.7 Å². The van der Waals surface area contributed by atoms with Gasteiger partial charge < -0.3 is 15.8 Å². The van der Waals surface area contributed by atoms with Crippen LogP contribution in [-0.4, -0.2) is 29.3 Å². The van der Waals surface area contributed by atoms with Crippen molar-refractivity contribution in [2.45, 2.75) is 20.8 Å². The number of benzene rings is 1. The maximum absolute atomic E-state index is 12.5. The molecule has 2 aromatic rings. The zero-order chi connectivity index (χ0) is 20.3. The molecule has 10 heteroatoms. The molecule has 0 atom stereocenters. The quantitative estimate of drug-likeness (QED) is 0.440. The van der Waals surface area contributed by atoms with Gasteiger partial charge in [0.1, 0.15) is 5.00 Å². The fourth-order valence-electron chi connectivity index (χ4n) is 2.46. The van der Waals surface area contributed by atoms with E-state index in [-0.39, 0.29) is 33.3 Å². The molecule has 3 N–H and O–H groups in total. The maximum Gasteiger partial charge on any atom is 0.341 e. The van der Waals surface area contributed by atoms with Crippen molar-refractivity contribution < 1.29 is 24.0 Å². The highest BCUT2D eigenvalue weighted by atomic mass is 32.1. The van der Waals surface area contributed by atoms with Crippen LogP contribution in [0.1, 0.15) is 48.4 Å². The Morgan fingerprint density at radius 1 is 1.30 bits per heavy atom. The molecule has 0 spiro atoms. The van der Waals surface area contributed by atoms with Gasteiger partial charge in [0.25, 0.3) is 17.5 Å². The molecular weight excluding hydrogens is 374 g/mol. The Hall–Kier alpha value is -3.27. The molecule has 0 bridgehead atoms. The number of anilines is 1. The first kappa shape index (κ1) is 20.0. The minimum Gasteiger partial charge on any atom is -0.462 e. The van der Waals surface area contributed by atoms with Crippen molar-refractivity contribution in [3.05, 3.63) is 55.4 Å². The number of carbonyl (C=O) groups excluding carboxylic acids is 3. The van der Waals surface area contributed by atoms with Crippen LogP contribution in [0.25, 0.3) is 0 Å². The predicted molar refractivity (Wildman–Crippen MR) is 99.3 cm³/mol. The van der Waals surface area contributed by atoms with E-state index in [1.54, 1.807) is 6.92 Å². The van der Waals surface area contributed by atoms with Crippen molar-refractivity contribution in [3.8, 4) is 0 Å². The second-order valence-corrected chi connectivity index (χ2v) is 6.58. The molecule has 0 aliphatic rings. The normalized spacial score (nSPS) is 10.3. The highest BCUT2D eigenvalue weighted by molar-refractivity contribution is 7.18. The number of nitrogens with zero attached hydrogens (tertiary/aromatic N) is 1. The Morgan fingerprint density at radius 2 is 1.96 bits per heavy atom. The van der Waals surface area contributed by atoms with E-state index in [1.165, 1.54) is 32.0 Å². The number of ether oxygens (including phenoxy) is 1. The summed E-state index contributed by atoms with van der Waals surface area (Å²) in [6.07, 6.45) is 0. The molecule has 0 radical (unpaired) electrons. The summed E-state index contributed by atoms with van der Waals surface area (Å²) in [5, 5.41) is 13.6. The van der Waals surface area contributed by atoms with E-state index >= 15 is 0 Å². The number of aryl methyl sites for hydroxylation is 1. The third-order valence-corrected chi connectivity index (χ3v) is 4.95. The summed E-state index contributed by atoms with van der Waals surface area (Å²) in [7, 11) is 0. The zero-order valence-corrected chi connectivity index (χ0v) is 15.6. The van der Waals surface area contributed by atoms with Gasteiger partial charge in [0.05, 0.1) is 22.0 Å². The number of esters is 1. The summed E-state index contributed by atoms with van der Waals surface area (Å²) >= 11 is 0.868. The van der Waals surface area contributed by atoms with E-state index in [9.17, 15) is 24.5 Å². The van der Waals surface area contributed by atoms with E-state index < -0.39 is 22.7 Å². The summed E-state index contributed by atoms with van der Waals surface area (Å²) in [4.78, 5) is 46.8. The van der Waals surface area contributed by atoms with Crippen LogP contribution in [0.3, 0.4) is 0 Å². The number of hydrogen-bond donors (Lipinski definition) is 2. The lowest BCUT2D eigenvalue weighted by Gasteiger charge is -2.08. The molecule has 1 heterocycles. The first-order chi connectivity index (χ1) is 12.7. The van der Waals surface area contributed by atoms with E-state index in [4.69, 9.17) is 10.5 Å². The third kappa shape index (κ3) is 4.11. The number of nitrogens with one attached hydrogen (secondary N) is 1. The van der Waals surface area contributed by atoms with Gasteiger partial charge in [-0.2, -0.15) is 0 Å². The highest BCUT2D eigenvalue weighted by Crippen LogP contribution is 2.34. The average Bonchev–Trinajstić information content (AvgIpc) is 2.91. The number of nitrogens with two attached hydrogens (primary N) is 1. The lowest BCUT2D eigenvalue weighted by Crippen LogP contribution is -2.15.